The third-order valence-electron chi connectivity index (χ3n) is 2.74. The minimum atomic E-state index is -0.151. The fraction of sp³-hybridized carbons (Fsp3) is 0.600. The summed E-state index contributed by atoms with van der Waals surface area (Å²) in [5.41, 5.74) is 0.835. The molecule has 1 unspecified atom stereocenters. The highest BCUT2D eigenvalue weighted by atomic mass is 16.1. The van der Waals surface area contributed by atoms with Crippen LogP contribution < -0.4 is 0 Å². The number of nitrogens with zero attached hydrogens (tertiary/aromatic N) is 2. The monoisotopic (exact) mass is 193 g/mol. The molecule has 0 aromatic carbocycles. The van der Waals surface area contributed by atoms with Crippen molar-refractivity contribution in [3.8, 4) is 0 Å². The van der Waals surface area contributed by atoms with E-state index in [4.69, 9.17) is 0 Å². The van der Waals surface area contributed by atoms with E-state index in [0.29, 0.717) is 0 Å². The Morgan fingerprint density at radius 3 is 2.79 bits per heavy atom. The standard InChI is InChI=1S/C10H15N3O/c14-8-10(9-4-5-11-12-9)13-6-2-1-3-7-13/h4-5,8,10H,1-3,6-7H2,(H,11,12). The second-order valence-electron chi connectivity index (χ2n) is 3.68. The van der Waals surface area contributed by atoms with E-state index in [1.807, 2.05) is 6.07 Å². The third kappa shape index (κ3) is 1.85. The lowest BCUT2D eigenvalue weighted by atomic mass is 10.1. The number of carbonyl (C=O) groups is 1. The molecule has 1 aromatic heterocycles. The summed E-state index contributed by atoms with van der Waals surface area (Å²) >= 11 is 0. The maximum Gasteiger partial charge on any atom is 0.143 e. The van der Waals surface area contributed by atoms with Crippen molar-refractivity contribution in [2.45, 2.75) is 25.3 Å². The molecular weight excluding hydrogens is 178 g/mol. The maximum absolute atomic E-state index is 11.0. The van der Waals surface area contributed by atoms with Gasteiger partial charge in [-0.1, -0.05) is 6.42 Å². The molecule has 4 nitrogen and oxygen atoms in total. The maximum atomic E-state index is 11.0. The molecule has 0 saturated carbocycles. The Balaban J connectivity index is 2.08. The molecule has 0 bridgehead atoms. The van der Waals surface area contributed by atoms with Crippen LogP contribution in [-0.4, -0.2) is 34.5 Å². The molecule has 1 aliphatic heterocycles. The van der Waals surface area contributed by atoms with Crippen molar-refractivity contribution >= 4 is 6.29 Å². The van der Waals surface area contributed by atoms with Gasteiger partial charge in [-0.05, 0) is 32.0 Å². The summed E-state index contributed by atoms with van der Waals surface area (Å²) in [7, 11) is 0. The van der Waals surface area contributed by atoms with E-state index in [9.17, 15) is 4.79 Å². The topological polar surface area (TPSA) is 49.0 Å². The highest BCUT2D eigenvalue weighted by molar-refractivity contribution is 5.60. The first-order valence-electron chi connectivity index (χ1n) is 5.11. The number of hydrogen-bond donors (Lipinski definition) is 1. The van der Waals surface area contributed by atoms with Gasteiger partial charge in [0.05, 0.1) is 5.69 Å². The normalized spacial score (nSPS) is 20.6. The summed E-state index contributed by atoms with van der Waals surface area (Å²) in [6, 6.07) is 1.72. The molecule has 1 aromatic rings. The lowest BCUT2D eigenvalue weighted by Crippen LogP contribution is -2.34. The van der Waals surface area contributed by atoms with Crippen molar-refractivity contribution in [1.29, 1.82) is 0 Å². The molecule has 1 N–H and O–H groups in total. The van der Waals surface area contributed by atoms with Crippen molar-refractivity contribution in [1.82, 2.24) is 15.1 Å². The van der Waals surface area contributed by atoms with Crippen LogP contribution in [0.5, 0.6) is 0 Å². The number of carbonyl (C=O) groups excluding carboxylic acids is 1. The van der Waals surface area contributed by atoms with E-state index in [0.717, 1.165) is 25.1 Å². The minimum absolute atomic E-state index is 0.151. The summed E-state index contributed by atoms with van der Waals surface area (Å²) < 4.78 is 0. The zero-order valence-electron chi connectivity index (χ0n) is 8.15. The highest BCUT2D eigenvalue weighted by Crippen LogP contribution is 2.20. The average Bonchev–Trinajstić information content (AvgIpc) is 2.74. The number of aromatic amines is 1. The molecule has 0 amide bonds. The predicted octanol–water partition coefficient (Wildman–Crippen LogP) is 1.14. The largest absolute Gasteiger partial charge is 0.301 e. The summed E-state index contributed by atoms with van der Waals surface area (Å²) in [5, 5.41) is 6.81. The Labute approximate surface area is 83.3 Å². The summed E-state index contributed by atoms with van der Waals surface area (Å²) in [4.78, 5) is 13.2. The van der Waals surface area contributed by atoms with E-state index in [-0.39, 0.29) is 6.04 Å². The quantitative estimate of drug-likeness (QED) is 0.732. The Bertz CT molecular complexity index is 278. The SMILES string of the molecule is O=CC(c1cc[nH]n1)N1CCCCC1. The first kappa shape index (κ1) is 9.40. The molecule has 0 aliphatic carbocycles. The molecule has 2 heterocycles. The summed E-state index contributed by atoms with van der Waals surface area (Å²) in [5.74, 6) is 0. The van der Waals surface area contributed by atoms with E-state index >= 15 is 0 Å². The van der Waals surface area contributed by atoms with Crippen molar-refractivity contribution in [3.05, 3.63) is 18.0 Å². The van der Waals surface area contributed by atoms with Gasteiger partial charge in [-0.15, -0.1) is 0 Å². The summed E-state index contributed by atoms with van der Waals surface area (Å²) in [6.07, 6.45) is 6.41. The Morgan fingerprint density at radius 2 is 2.21 bits per heavy atom. The zero-order valence-corrected chi connectivity index (χ0v) is 8.15. The van der Waals surface area contributed by atoms with Gasteiger partial charge >= 0.3 is 0 Å². The first-order chi connectivity index (χ1) is 6.92. The number of likely N-dealkylation sites (tertiary alicyclic amines) is 1. The molecule has 0 radical (unpaired) electrons. The van der Waals surface area contributed by atoms with Crippen molar-refractivity contribution in [3.63, 3.8) is 0 Å². The molecule has 1 atom stereocenters. The van der Waals surface area contributed by atoms with Crippen molar-refractivity contribution in [2.75, 3.05) is 13.1 Å². The Hall–Kier alpha value is -1.16. The van der Waals surface area contributed by atoms with Crippen LogP contribution in [0.15, 0.2) is 12.3 Å². The minimum Gasteiger partial charge on any atom is -0.301 e. The first-order valence-corrected chi connectivity index (χ1v) is 5.11. The number of aldehydes is 1. The van der Waals surface area contributed by atoms with Gasteiger partial charge in [0.1, 0.15) is 12.3 Å². The van der Waals surface area contributed by atoms with Crippen LogP contribution in [0, 0.1) is 0 Å². The number of rotatable bonds is 3. The van der Waals surface area contributed by atoms with Gasteiger partial charge in [-0.2, -0.15) is 5.10 Å². The number of aromatic nitrogens is 2. The average molecular weight is 193 g/mol. The van der Waals surface area contributed by atoms with Crippen LogP contribution in [0.1, 0.15) is 31.0 Å². The van der Waals surface area contributed by atoms with Crippen LogP contribution in [-0.2, 0) is 4.79 Å². The molecule has 1 saturated heterocycles. The van der Waals surface area contributed by atoms with Gasteiger partial charge in [0, 0.05) is 6.20 Å². The second-order valence-corrected chi connectivity index (χ2v) is 3.68. The van der Waals surface area contributed by atoms with Crippen LogP contribution in [0.25, 0.3) is 0 Å². The van der Waals surface area contributed by atoms with E-state index in [2.05, 4.69) is 15.1 Å². The number of H-pyrrole nitrogens is 1. The van der Waals surface area contributed by atoms with Crippen LogP contribution in [0.3, 0.4) is 0 Å². The molecule has 4 heteroatoms. The molecule has 76 valence electrons. The Kier molecular flexibility index (Phi) is 2.93. The van der Waals surface area contributed by atoms with Gasteiger partial charge in [0.2, 0.25) is 0 Å². The molecule has 2 rings (SSSR count). The van der Waals surface area contributed by atoms with Gasteiger partial charge < -0.3 is 4.79 Å². The van der Waals surface area contributed by atoms with E-state index < -0.39 is 0 Å². The van der Waals surface area contributed by atoms with Gasteiger partial charge in [-0.3, -0.25) is 10.00 Å². The molecule has 14 heavy (non-hydrogen) atoms. The smallest absolute Gasteiger partial charge is 0.143 e. The van der Waals surface area contributed by atoms with Crippen molar-refractivity contribution < 1.29 is 4.79 Å². The van der Waals surface area contributed by atoms with Gasteiger partial charge in [-0.25, -0.2) is 0 Å². The van der Waals surface area contributed by atoms with Gasteiger partial charge in [0.15, 0.2) is 0 Å². The number of hydrogen-bond acceptors (Lipinski definition) is 3. The Morgan fingerprint density at radius 1 is 1.43 bits per heavy atom. The summed E-state index contributed by atoms with van der Waals surface area (Å²) in [6.45, 7) is 2.02. The van der Waals surface area contributed by atoms with E-state index in [1.165, 1.54) is 19.3 Å². The third-order valence-corrected chi connectivity index (χ3v) is 2.74. The van der Waals surface area contributed by atoms with Crippen LogP contribution >= 0.6 is 0 Å². The van der Waals surface area contributed by atoms with E-state index in [1.54, 1.807) is 6.20 Å². The molecule has 1 aliphatic rings. The van der Waals surface area contributed by atoms with Gasteiger partial charge in [0.25, 0.3) is 0 Å². The molecular formula is C10H15N3O. The second kappa shape index (κ2) is 4.37. The van der Waals surface area contributed by atoms with Crippen LogP contribution in [0.4, 0.5) is 0 Å². The molecule has 0 spiro atoms. The predicted molar refractivity (Wildman–Crippen MR) is 52.8 cm³/mol. The highest BCUT2D eigenvalue weighted by Gasteiger charge is 2.22. The molecule has 1 fully saturated rings. The lowest BCUT2D eigenvalue weighted by molar-refractivity contribution is -0.113. The number of nitrogens with one attached hydrogen (secondary N) is 1. The van der Waals surface area contributed by atoms with Crippen molar-refractivity contribution in [2.24, 2.45) is 0 Å². The zero-order chi connectivity index (χ0) is 9.80. The fourth-order valence-electron chi connectivity index (χ4n) is 1.98. The lowest BCUT2D eigenvalue weighted by Gasteiger charge is -2.30. The van der Waals surface area contributed by atoms with Crippen LogP contribution in [0.2, 0.25) is 0 Å². The fourth-order valence-corrected chi connectivity index (χ4v) is 1.98. The number of piperidine rings is 1.